The molecule has 1 amide bonds. The Labute approximate surface area is 134 Å². The van der Waals surface area contributed by atoms with E-state index < -0.39 is 0 Å². The van der Waals surface area contributed by atoms with Gasteiger partial charge in [0.25, 0.3) is 5.91 Å². The lowest BCUT2D eigenvalue weighted by Gasteiger charge is -2.23. The molecule has 2 heterocycles. The molecule has 2 atom stereocenters. The molecule has 0 radical (unpaired) electrons. The topological polar surface area (TPSA) is 88.2 Å². The van der Waals surface area contributed by atoms with Gasteiger partial charge in [0.15, 0.2) is 11.5 Å². The number of nitrogens with one attached hydrogen (secondary N) is 1. The summed E-state index contributed by atoms with van der Waals surface area (Å²) < 4.78 is 5.25. The number of carbonyl (C=O) groups is 1. The van der Waals surface area contributed by atoms with Gasteiger partial charge in [0.1, 0.15) is 0 Å². The van der Waals surface area contributed by atoms with Crippen molar-refractivity contribution in [2.45, 2.75) is 38.1 Å². The van der Waals surface area contributed by atoms with Crippen molar-refractivity contribution in [2.75, 3.05) is 6.61 Å². The van der Waals surface area contributed by atoms with Gasteiger partial charge in [-0.2, -0.15) is 0 Å². The van der Waals surface area contributed by atoms with Crippen LogP contribution in [0.5, 0.6) is 0 Å². The molecule has 0 spiro atoms. The molecule has 0 aromatic carbocycles. The first-order valence-corrected chi connectivity index (χ1v) is 8.07. The van der Waals surface area contributed by atoms with Gasteiger partial charge in [-0.25, -0.2) is 0 Å². The van der Waals surface area contributed by atoms with Crippen LogP contribution in [0.4, 0.5) is 0 Å². The van der Waals surface area contributed by atoms with Gasteiger partial charge in [-0.3, -0.25) is 9.78 Å². The van der Waals surface area contributed by atoms with Crippen molar-refractivity contribution in [3.8, 4) is 11.3 Å². The molecule has 2 N–H and O–H groups in total. The summed E-state index contributed by atoms with van der Waals surface area (Å²) in [6.07, 6.45) is 8.49. The fourth-order valence-electron chi connectivity index (χ4n) is 3.07. The number of aliphatic hydroxyl groups excluding tert-OH is 1. The molecule has 2 unspecified atom stereocenters. The minimum Gasteiger partial charge on any atom is -0.396 e. The van der Waals surface area contributed by atoms with E-state index in [1.165, 1.54) is 0 Å². The Morgan fingerprint density at radius 2 is 2.04 bits per heavy atom. The molecule has 0 aliphatic heterocycles. The molecule has 1 aliphatic rings. The molecule has 23 heavy (non-hydrogen) atoms. The predicted octanol–water partition coefficient (Wildman–Crippen LogP) is 2.41. The average molecular weight is 315 g/mol. The van der Waals surface area contributed by atoms with E-state index in [2.05, 4.69) is 15.5 Å². The zero-order valence-electron chi connectivity index (χ0n) is 12.9. The highest BCUT2D eigenvalue weighted by Crippen LogP contribution is 2.24. The molecule has 2 aromatic heterocycles. The third-order valence-electron chi connectivity index (χ3n) is 4.42. The second kappa shape index (κ2) is 7.37. The minimum absolute atomic E-state index is 0.00363. The summed E-state index contributed by atoms with van der Waals surface area (Å²) >= 11 is 0. The van der Waals surface area contributed by atoms with Gasteiger partial charge in [-0.15, -0.1) is 0 Å². The van der Waals surface area contributed by atoms with Crippen LogP contribution in [0.1, 0.15) is 42.6 Å². The highest BCUT2D eigenvalue weighted by atomic mass is 16.5. The number of rotatable bonds is 4. The number of amides is 1. The van der Waals surface area contributed by atoms with Gasteiger partial charge < -0.3 is 14.9 Å². The first-order valence-electron chi connectivity index (χ1n) is 8.07. The third-order valence-corrected chi connectivity index (χ3v) is 4.42. The number of aromatic nitrogens is 2. The molecular weight excluding hydrogens is 294 g/mol. The van der Waals surface area contributed by atoms with Crippen LogP contribution < -0.4 is 5.32 Å². The SMILES string of the molecule is O=C(NC1CCCCCC1CO)c1cc(-c2ccncc2)on1. The van der Waals surface area contributed by atoms with Gasteiger partial charge in [0, 0.05) is 42.6 Å². The van der Waals surface area contributed by atoms with E-state index in [-0.39, 0.29) is 30.2 Å². The normalized spacial score (nSPS) is 21.6. The van der Waals surface area contributed by atoms with E-state index in [9.17, 15) is 9.90 Å². The smallest absolute Gasteiger partial charge is 0.273 e. The van der Waals surface area contributed by atoms with E-state index in [0.717, 1.165) is 37.7 Å². The standard InChI is InChI=1S/C17H21N3O3/c21-11-13-4-2-1-3-5-14(13)19-17(22)15-10-16(23-20-15)12-6-8-18-9-7-12/h6-10,13-14,21H,1-5,11H2,(H,19,22). The summed E-state index contributed by atoms with van der Waals surface area (Å²) in [5.41, 5.74) is 1.09. The number of hydrogen-bond donors (Lipinski definition) is 2. The number of carbonyl (C=O) groups excluding carboxylic acids is 1. The third kappa shape index (κ3) is 3.76. The second-order valence-electron chi connectivity index (χ2n) is 5.97. The summed E-state index contributed by atoms with van der Waals surface area (Å²) in [5, 5.41) is 16.4. The fraction of sp³-hybridized carbons (Fsp3) is 0.471. The Hall–Kier alpha value is -2.21. The van der Waals surface area contributed by atoms with E-state index in [1.807, 2.05) is 0 Å². The molecule has 122 valence electrons. The van der Waals surface area contributed by atoms with Crippen molar-refractivity contribution in [2.24, 2.45) is 5.92 Å². The van der Waals surface area contributed by atoms with Crippen molar-refractivity contribution in [1.82, 2.24) is 15.5 Å². The Kier molecular flexibility index (Phi) is 5.02. The lowest BCUT2D eigenvalue weighted by molar-refractivity contribution is 0.0890. The van der Waals surface area contributed by atoms with Crippen molar-refractivity contribution in [3.63, 3.8) is 0 Å². The Morgan fingerprint density at radius 1 is 1.26 bits per heavy atom. The van der Waals surface area contributed by atoms with E-state index >= 15 is 0 Å². The fourth-order valence-corrected chi connectivity index (χ4v) is 3.07. The van der Waals surface area contributed by atoms with Crippen molar-refractivity contribution in [3.05, 3.63) is 36.3 Å². The molecule has 2 aromatic rings. The lowest BCUT2D eigenvalue weighted by atomic mass is 9.95. The quantitative estimate of drug-likeness (QED) is 0.846. The number of hydrogen-bond acceptors (Lipinski definition) is 5. The highest BCUT2D eigenvalue weighted by molar-refractivity contribution is 5.93. The Morgan fingerprint density at radius 3 is 2.83 bits per heavy atom. The minimum atomic E-state index is -0.251. The van der Waals surface area contributed by atoms with Gasteiger partial charge in [-0.1, -0.05) is 24.4 Å². The van der Waals surface area contributed by atoms with E-state index in [4.69, 9.17) is 4.52 Å². The van der Waals surface area contributed by atoms with Crippen LogP contribution in [0, 0.1) is 5.92 Å². The molecular formula is C17H21N3O3. The van der Waals surface area contributed by atoms with Gasteiger partial charge in [-0.05, 0) is 25.0 Å². The zero-order chi connectivity index (χ0) is 16.1. The highest BCUT2D eigenvalue weighted by Gasteiger charge is 2.26. The summed E-state index contributed by atoms with van der Waals surface area (Å²) in [4.78, 5) is 16.4. The van der Waals surface area contributed by atoms with Crippen LogP contribution in [-0.2, 0) is 0 Å². The molecule has 1 aliphatic carbocycles. The lowest BCUT2D eigenvalue weighted by Crippen LogP contribution is -2.41. The summed E-state index contributed by atoms with van der Waals surface area (Å²) in [6, 6.07) is 5.23. The van der Waals surface area contributed by atoms with E-state index in [1.54, 1.807) is 30.6 Å². The van der Waals surface area contributed by atoms with Crippen LogP contribution in [0.25, 0.3) is 11.3 Å². The van der Waals surface area contributed by atoms with Crippen LogP contribution in [0.15, 0.2) is 35.1 Å². The molecule has 1 fully saturated rings. The van der Waals surface area contributed by atoms with Crippen molar-refractivity contribution < 1.29 is 14.4 Å². The number of nitrogens with zero attached hydrogens (tertiary/aromatic N) is 2. The molecule has 6 heteroatoms. The largest absolute Gasteiger partial charge is 0.396 e. The average Bonchev–Trinajstić information content (AvgIpc) is 2.98. The first kappa shape index (κ1) is 15.7. The van der Waals surface area contributed by atoms with Crippen LogP contribution in [-0.4, -0.2) is 33.8 Å². The van der Waals surface area contributed by atoms with Crippen LogP contribution >= 0.6 is 0 Å². The Bertz CT molecular complexity index is 642. The van der Waals surface area contributed by atoms with Crippen LogP contribution in [0.3, 0.4) is 0 Å². The first-order chi connectivity index (χ1) is 11.3. The number of aliphatic hydroxyl groups is 1. The Balaban J connectivity index is 1.69. The molecule has 0 bridgehead atoms. The van der Waals surface area contributed by atoms with E-state index in [0.29, 0.717) is 5.76 Å². The van der Waals surface area contributed by atoms with Crippen molar-refractivity contribution >= 4 is 5.91 Å². The maximum Gasteiger partial charge on any atom is 0.273 e. The van der Waals surface area contributed by atoms with Gasteiger partial charge >= 0.3 is 0 Å². The maximum atomic E-state index is 12.4. The van der Waals surface area contributed by atoms with Gasteiger partial charge in [0.2, 0.25) is 0 Å². The summed E-state index contributed by atoms with van der Waals surface area (Å²) in [5.74, 6) is 0.407. The molecule has 3 rings (SSSR count). The van der Waals surface area contributed by atoms with Crippen LogP contribution in [0.2, 0.25) is 0 Å². The van der Waals surface area contributed by atoms with Gasteiger partial charge in [0.05, 0.1) is 0 Å². The molecule has 1 saturated carbocycles. The molecule has 0 saturated heterocycles. The molecule has 6 nitrogen and oxygen atoms in total. The second-order valence-corrected chi connectivity index (χ2v) is 5.97. The number of pyridine rings is 1. The summed E-state index contributed by atoms with van der Waals surface area (Å²) in [6.45, 7) is 0.103. The zero-order valence-corrected chi connectivity index (χ0v) is 12.9. The summed E-state index contributed by atoms with van der Waals surface area (Å²) in [7, 11) is 0. The van der Waals surface area contributed by atoms with Crippen molar-refractivity contribution in [1.29, 1.82) is 0 Å². The predicted molar refractivity (Wildman–Crippen MR) is 84.6 cm³/mol. The monoisotopic (exact) mass is 315 g/mol. The maximum absolute atomic E-state index is 12.4.